The molecule has 1 fully saturated rings. The first kappa shape index (κ1) is 19.8. The lowest BCUT2D eigenvalue weighted by Crippen LogP contribution is -2.37. The Morgan fingerprint density at radius 1 is 1.39 bits per heavy atom. The second kappa shape index (κ2) is 7.59. The maximum atomic E-state index is 12.9. The molecule has 0 spiro atoms. The highest BCUT2D eigenvalue weighted by Crippen LogP contribution is 2.30. The van der Waals surface area contributed by atoms with E-state index in [1.54, 1.807) is 0 Å². The SMILES string of the molecule is [N-]=[N+]=NCC(O)Cn1c(=O)n([C@@H]2O[C@H](CO)[C@@H](O)[C@H]2O)c2nc(N)[nH]c(=O)c21. The lowest BCUT2D eigenvalue weighted by Gasteiger charge is -2.15. The number of nitrogens with two attached hydrogens (primary N) is 1. The van der Waals surface area contributed by atoms with Crippen molar-refractivity contribution in [2.75, 3.05) is 18.9 Å². The summed E-state index contributed by atoms with van der Waals surface area (Å²) in [5.74, 6) is -0.315. The van der Waals surface area contributed by atoms with Gasteiger partial charge in [0.15, 0.2) is 17.4 Å². The van der Waals surface area contributed by atoms with Crippen molar-refractivity contribution in [1.29, 1.82) is 0 Å². The number of rotatable bonds is 6. The highest BCUT2D eigenvalue weighted by Gasteiger charge is 2.45. The monoisotopic (exact) mass is 398 g/mol. The standard InChI is InChI=1S/C13H18N8O7/c14-12-17-9-6(10(26)18-12)20(2-4(23)1-16-19-15)13(27)21(9)11-8(25)7(24)5(3-22)28-11/h4-5,7-8,11,22-25H,1-3H2,(H3,14,17,18,26)/t4?,5-,7-,8-,11-/m1/s1. The average molecular weight is 398 g/mol. The van der Waals surface area contributed by atoms with E-state index in [9.17, 15) is 30.0 Å². The van der Waals surface area contributed by atoms with Gasteiger partial charge in [-0.2, -0.15) is 4.98 Å². The number of imidazole rings is 1. The maximum Gasteiger partial charge on any atom is 0.332 e. The first-order valence-corrected chi connectivity index (χ1v) is 8.12. The van der Waals surface area contributed by atoms with E-state index in [0.717, 1.165) is 9.13 Å². The zero-order valence-electron chi connectivity index (χ0n) is 14.3. The lowest BCUT2D eigenvalue weighted by molar-refractivity contribution is -0.0528. The molecule has 1 unspecified atom stereocenters. The van der Waals surface area contributed by atoms with Gasteiger partial charge < -0.3 is 30.9 Å². The molecule has 15 nitrogen and oxygen atoms in total. The summed E-state index contributed by atoms with van der Waals surface area (Å²) in [5.41, 5.74) is 11.7. The highest BCUT2D eigenvalue weighted by molar-refractivity contribution is 5.71. The van der Waals surface area contributed by atoms with Crippen LogP contribution in [0.15, 0.2) is 14.7 Å². The summed E-state index contributed by atoms with van der Waals surface area (Å²) in [6.45, 7) is -1.41. The Balaban J connectivity index is 2.18. The molecule has 2 aromatic rings. The number of fused-ring (bicyclic) bond motifs is 1. The van der Waals surface area contributed by atoms with Gasteiger partial charge in [0.2, 0.25) is 5.95 Å². The number of aromatic amines is 1. The van der Waals surface area contributed by atoms with Gasteiger partial charge in [-0.1, -0.05) is 5.11 Å². The van der Waals surface area contributed by atoms with Crippen molar-refractivity contribution in [3.63, 3.8) is 0 Å². The number of aromatic nitrogens is 4. The predicted octanol–water partition coefficient (Wildman–Crippen LogP) is -3.25. The Kier molecular flexibility index (Phi) is 5.37. The molecule has 0 radical (unpaired) electrons. The van der Waals surface area contributed by atoms with Crippen molar-refractivity contribution in [3.8, 4) is 0 Å². The Hall–Kier alpha value is -2.94. The topological polar surface area (TPSA) is 238 Å². The number of anilines is 1. The van der Waals surface area contributed by atoms with E-state index in [0.29, 0.717) is 0 Å². The minimum atomic E-state index is -1.61. The molecule has 1 aliphatic heterocycles. The molecule has 0 amide bonds. The molecule has 0 aromatic carbocycles. The molecule has 0 bridgehead atoms. The first-order chi connectivity index (χ1) is 13.3. The third kappa shape index (κ3) is 3.22. The molecule has 7 N–H and O–H groups in total. The normalized spacial score (nSPS) is 25.7. The third-order valence-electron chi connectivity index (χ3n) is 4.35. The van der Waals surface area contributed by atoms with Gasteiger partial charge in [0, 0.05) is 4.91 Å². The van der Waals surface area contributed by atoms with Gasteiger partial charge in [0.1, 0.15) is 18.3 Å². The van der Waals surface area contributed by atoms with Crippen LogP contribution in [-0.4, -0.2) is 77.1 Å². The molecule has 3 rings (SSSR count). The average Bonchev–Trinajstić information content (AvgIpc) is 3.07. The van der Waals surface area contributed by atoms with Crippen LogP contribution in [0.25, 0.3) is 21.6 Å². The summed E-state index contributed by atoms with van der Waals surface area (Å²) < 4.78 is 7.03. The van der Waals surface area contributed by atoms with E-state index in [2.05, 4.69) is 20.0 Å². The minimum Gasteiger partial charge on any atom is -0.394 e. The summed E-state index contributed by atoms with van der Waals surface area (Å²) in [5, 5.41) is 42.6. The maximum absolute atomic E-state index is 12.9. The van der Waals surface area contributed by atoms with Crippen molar-refractivity contribution >= 4 is 17.1 Å². The van der Waals surface area contributed by atoms with Gasteiger partial charge in [-0.3, -0.25) is 14.3 Å². The zero-order chi connectivity index (χ0) is 20.6. The predicted molar refractivity (Wildman–Crippen MR) is 92.1 cm³/mol. The number of nitrogen functional groups attached to an aromatic ring is 1. The van der Waals surface area contributed by atoms with Crippen molar-refractivity contribution in [2.45, 2.75) is 37.2 Å². The summed E-state index contributed by atoms with van der Waals surface area (Å²) in [4.78, 5) is 33.9. The molecular formula is C13H18N8O7. The van der Waals surface area contributed by atoms with Crippen molar-refractivity contribution in [1.82, 2.24) is 19.1 Å². The summed E-state index contributed by atoms with van der Waals surface area (Å²) in [6.07, 6.45) is -7.03. The molecule has 15 heteroatoms. The summed E-state index contributed by atoms with van der Waals surface area (Å²) >= 11 is 0. The van der Waals surface area contributed by atoms with Crippen LogP contribution in [0.5, 0.6) is 0 Å². The Bertz CT molecular complexity index is 1040. The Morgan fingerprint density at radius 2 is 2.11 bits per heavy atom. The van der Waals surface area contributed by atoms with E-state index in [-0.39, 0.29) is 23.7 Å². The van der Waals surface area contributed by atoms with Gasteiger partial charge in [-0.05, 0) is 5.53 Å². The molecule has 152 valence electrons. The number of H-pyrrole nitrogens is 1. The van der Waals surface area contributed by atoms with Crippen LogP contribution >= 0.6 is 0 Å². The van der Waals surface area contributed by atoms with Crippen molar-refractivity contribution < 1.29 is 25.2 Å². The number of azide groups is 1. The van der Waals surface area contributed by atoms with E-state index < -0.39 is 55.0 Å². The number of nitrogens with one attached hydrogen (secondary N) is 1. The molecular weight excluding hydrogens is 380 g/mol. The molecule has 5 atom stereocenters. The summed E-state index contributed by atoms with van der Waals surface area (Å²) in [7, 11) is 0. The minimum absolute atomic E-state index is 0.253. The summed E-state index contributed by atoms with van der Waals surface area (Å²) in [6, 6.07) is 0. The van der Waals surface area contributed by atoms with Gasteiger partial charge in [-0.25, -0.2) is 9.36 Å². The second-order valence-electron chi connectivity index (χ2n) is 6.18. The van der Waals surface area contributed by atoms with E-state index in [1.807, 2.05) is 0 Å². The first-order valence-electron chi connectivity index (χ1n) is 8.12. The smallest absolute Gasteiger partial charge is 0.332 e. The lowest BCUT2D eigenvalue weighted by atomic mass is 10.1. The van der Waals surface area contributed by atoms with Crippen LogP contribution in [0.1, 0.15) is 6.23 Å². The van der Waals surface area contributed by atoms with Gasteiger partial charge in [-0.15, -0.1) is 0 Å². The number of aliphatic hydroxyl groups is 4. The molecule has 1 aliphatic rings. The number of aliphatic hydroxyl groups excluding tert-OH is 4. The van der Waals surface area contributed by atoms with Crippen LogP contribution in [0.4, 0.5) is 5.95 Å². The van der Waals surface area contributed by atoms with Crippen LogP contribution in [0, 0.1) is 0 Å². The highest BCUT2D eigenvalue weighted by atomic mass is 16.6. The number of nitrogens with zero attached hydrogens (tertiary/aromatic N) is 6. The van der Waals surface area contributed by atoms with Crippen molar-refractivity contribution in [3.05, 3.63) is 31.3 Å². The molecule has 28 heavy (non-hydrogen) atoms. The molecule has 0 saturated carbocycles. The molecule has 3 heterocycles. The Morgan fingerprint density at radius 3 is 2.71 bits per heavy atom. The van der Waals surface area contributed by atoms with Crippen LogP contribution in [0.2, 0.25) is 0 Å². The van der Waals surface area contributed by atoms with E-state index in [1.165, 1.54) is 0 Å². The number of ether oxygens (including phenoxy) is 1. The van der Waals surface area contributed by atoms with Gasteiger partial charge in [0.05, 0.1) is 25.8 Å². The Labute approximate surface area is 154 Å². The zero-order valence-corrected chi connectivity index (χ0v) is 14.3. The van der Waals surface area contributed by atoms with Crippen LogP contribution < -0.4 is 17.0 Å². The van der Waals surface area contributed by atoms with E-state index >= 15 is 0 Å². The number of hydrogen-bond acceptors (Lipinski definition) is 10. The molecule has 2 aromatic heterocycles. The van der Waals surface area contributed by atoms with Crippen molar-refractivity contribution in [2.24, 2.45) is 5.11 Å². The van der Waals surface area contributed by atoms with Gasteiger partial charge in [0.25, 0.3) is 5.56 Å². The fourth-order valence-electron chi connectivity index (χ4n) is 3.09. The largest absolute Gasteiger partial charge is 0.394 e. The van der Waals surface area contributed by atoms with Gasteiger partial charge >= 0.3 is 5.69 Å². The molecule has 1 saturated heterocycles. The number of hydrogen-bond donors (Lipinski definition) is 6. The molecule has 0 aliphatic carbocycles. The fourth-order valence-corrected chi connectivity index (χ4v) is 3.09. The second-order valence-corrected chi connectivity index (χ2v) is 6.18. The van der Waals surface area contributed by atoms with Crippen LogP contribution in [0.3, 0.4) is 0 Å². The van der Waals surface area contributed by atoms with Crippen LogP contribution in [-0.2, 0) is 11.3 Å². The quantitative estimate of drug-likeness (QED) is 0.162. The van der Waals surface area contributed by atoms with E-state index in [4.69, 9.17) is 16.0 Å². The third-order valence-corrected chi connectivity index (χ3v) is 4.35. The fraction of sp³-hybridized carbons (Fsp3) is 0.615.